The van der Waals surface area contributed by atoms with Gasteiger partial charge in [0.15, 0.2) is 11.2 Å². The summed E-state index contributed by atoms with van der Waals surface area (Å²) >= 11 is 0. The smallest absolute Gasteiger partial charge is 0.332 e. The molecule has 0 amide bonds. The first-order chi connectivity index (χ1) is 12.3. The molecule has 26 heavy (non-hydrogen) atoms. The summed E-state index contributed by atoms with van der Waals surface area (Å²) in [7, 11) is 5.19. The van der Waals surface area contributed by atoms with Crippen LogP contribution in [-0.4, -0.2) is 44.9 Å². The van der Waals surface area contributed by atoms with E-state index in [1.807, 2.05) is 25.5 Å². The van der Waals surface area contributed by atoms with E-state index >= 15 is 0 Å². The number of nitrogens with one attached hydrogen (secondary N) is 1. The summed E-state index contributed by atoms with van der Waals surface area (Å²) in [4.78, 5) is 32.0. The molecule has 0 radical (unpaired) electrons. The summed E-state index contributed by atoms with van der Waals surface area (Å²) in [6.07, 6.45) is 4.26. The molecule has 0 aromatic carbocycles. The maximum Gasteiger partial charge on any atom is 0.332 e. The molecule has 1 aliphatic rings. The lowest BCUT2D eigenvalue weighted by Crippen LogP contribution is -2.45. The van der Waals surface area contributed by atoms with Crippen molar-refractivity contribution in [3.63, 3.8) is 0 Å². The lowest BCUT2D eigenvalue weighted by molar-refractivity contribution is 0.439. The van der Waals surface area contributed by atoms with E-state index in [4.69, 9.17) is 4.98 Å². The quantitative estimate of drug-likeness (QED) is 0.808. The highest BCUT2D eigenvalue weighted by Gasteiger charge is 2.25. The number of aryl methyl sites for hydroxylation is 1. The summed E-state index contributed by atoms with van der Waals surface area (Å²) in [6, 6.07) is 0.312. The number of imidazole rings is 1. The third-order valence-corrected chi connectivity index (χ3v) is 5.14. The van der Waals surface area contributed by atoms with Gasteiger partial charge in [-0.2, -0.15) is 4.98 Å². The minimum Gasteiger partial charge on any atom is -0.341 e. The molecule has 8 nitrogen and oxygen atoms in total. The van der Waals surface area contributed by atoms with E-state index in [1.54, 1.807) is 7.05 Å². The SMILES string of the molecule is CC(C)=CCn1c(N(C)C2CCCNC2)nc2c1c(=O)n(C)c(=O)n2C. The molecule has 3 heterocycles. The van der Waals surface area contributed by atoms with Crippen LogP contribution in [0.15, 0.2) is 21.2 Å². The van der Waals surface area contributed by atoms with Crippen LogP contribution in [0.1, 0.15) is 26.7 Å². The van der Waals surface area contributed by atoms with Crippen molar-refractivity contribution in [2.24, 2.45) is 14.1 Å². The molecule has 8 heteroatoms. The Morgan fingerprint density at radius 1 is 1.31 bits per heavy atom. The maximum atomic E-state index is 12.8. The number of anilines is 1. The monoisotopic (exact) mass is 360 g/mol. The van der Waals surface area contributed by atoms with Gasteiger partial charge in [0.25, 0.3) is 5.56 Å². The van der Waals surface area contributed by atoms with Crippen molar-refractivity contribution in [1.29, 1.82) is 0 Å². The van der Waals surface area contributed by atoms with Crippen molar-refractivity contribution in [3.8, 4) is 0 Å². The van der Waals surface area contributed by atoms with Gasteiger partial charge in [-0.05, 0) is 33.2 Å². The first-order valence-corrected chi connectivity index (χ1v) is 9.06. The van der Waals surface area contributed by atoms with Crippen LogP contribution in [0.25, 0.3) is 11.2 Å². The van der Waals surface area contributed by atoms with Gasteiger partial charge < -0.3 is 14.8 Å². The van der Waals surface area contributed by atoms with Crippen LogP contribution < -0.4 is 21.5 Å². The Bertz CT molecular complexity index is 955. The first-order valence-electron chi connectivity index (χ1n) is 9.06. The Morgan fingerprint density at radius 3 is 2.65 bits per heavy atom. The molecule has 0 saturated carbocycles. The normalized spacial score (nSPS) is 17.5. The number of hydrogen-bond donors (Lipinski definition) is 1. The number of rotatable bonds is 4. The van der Waals surface area contributed by atoms with Gasteiger partial charge in [0.05, 0.1) is 0 Å². The van der Waals surface area contributed by atoms with Gasteiger partial charge >= 0.3 is 5.69 Å². The summed E-state index contributed by atoms with van der Waals surface area (Å²) in [5.41, 5.74) is 1.41. The van der Waals surface area contributed by atoms with Crippen molar-refractivity contribution >= 4 is 17.1 Å². The lowest BCUT2D eigenvalue weighted by atomic mass is 10.1. The third-order valence-electron chi connectivity index (χ3n) is 5.14. The van der Waals surface area contributed by atoms with E-state index in [-0.39, 0.29) is 11.2 Å². The van der Waals surface area contributed by atoms with Crippen molar-refractivity contribution in [3.05, 3.63) is 32.5 Å². The molecule has 1 unspecified atom stereocenters. The standard InChI is InChI=1S/C18H28N6O2/c1-12(2)8-10-24-14-15(22(4)18(26)23(5)16(14)25)20-17(24)21(3)13-7-6-9-19-11-13/h8,13,19H,6-7,9-11H2,1-5H3. The van der Waals surface area contributed by atoms with E-state index in [1.165, 1.54) is 17.2 Å². The van der Waals surface area contributed by atoms with Crippen molar-refractivity contribution in [2.75, 3.05) is 25.0 Å². The van der Waals surface area contributed by atoms with Gasteiger partial charge in [-0.15, -0.1) is 0 Å². The van der Waals surface area contributed by atoms with Crippen LogP contribution in [0.4, 0.5) is 5.95 Å². The van der Waals surface area contributed by atoms with Gasteiger partial charge in [0, 0.05) is 40.3 Å². The average molecular weight is 360 g/mol. The highest BCUT2D eigenvalue weighted by Crippen LogP contribution is 2.22. The van der Waals surface area contributed by atoms with E-state index in [0.29, 0.717) is 23.8 Å². The zero-order valence-electron chi connectivity index (χ0n) is 16.2. The Kier molecular flexibility index (Phi) is 5.04. The second-order valence-corrected chi connectivity index (χ2v) is 7.29. The molecule has 3 rings (SSSR count). The second kappa shape index (κ2) is 7.11. The minimum atomic E-state index is -0.358. The lowest BCUT2D eigenvalue weighted by Gasteiger charge is -2.32. The number of likely N-dealkylation sites (N-methyl/N-ethyl adjacent to an activating group) is 1. The summed E-state index contributed by atoms with van der Waals surface area (Å²) < 4.78 is 4.53. The van der Waals surface area contributed by atoms with Crippen LogP contribution in [0.3, 0.4) is 0 Å². The van der Waals surface area contributed by atoms with E-state index in [2.05, 4.69) is 16.3 Å². The fourth-order valence-corrected chi connectivity index (χ4v) is 3.48. The number of fused-ring (bicyclic) bond motifs is 1. The van der Waals surface area contributed by atoms with Crippen LogP contribution in [0.5, 0.6) is 0 Å². The number of hydrogen-bond acceptors (Lipinski definition) is 5. The maximum absolute atomic E-state index is 12.8. The Balaban J connectivity index is 2.24. The molecule has 1 N–H and O–H groups in total. The third kappa shape index (κ3) is 3.09. The highest BCUT2D eigenvalue weighted by molar-refractivity contribution is 5.74. The van der Waals surface area contributed by atoms with Gasteiger partial charge in [-0.1, -0.05) is 11.6 Å². The van der Waals surface area contributed by atoms with Crippen LogP contribution in [0.2, 0.25) is 0 Å². The largest absolute Gasteiger partial charge is 0.341 e. The molecule has 0 spiro atoms. The van der Waals surface area contributed by atoms with Crippen LogP contribution in [-0.2, 0) is 20.6 Å². The fraction of sp³-hybridized carbons (Fsp3) is 0.611. The van der Waals surface area contributed by atoms with Crippen molar-refractivity contribution in [2.45, 2.75) is 39.3 Å². The second-order valence-electron chi connectivity index (χ2n) is 7.29. The zero-order valence-corrected chi connectivity index (χ0v) is 16.2. The number of allylic oxidation sites excluding steroid dienone is 2. The Labute approximate surface area is 152 Å². The molecule has 2 aromatic heterocycles. The van der Waals surface area contributed by atoms with Gasteiger partial charge in [0.1, 0.15) is 0 Å². The van der Waals surface area contributed by atoms with Crippen LogP contribution in [0, 0.1) is 0 Å². The Hall–Kier alpha value is -2.35. The molecular formula is C18H28N6O2. The predicted molar refractivity (Wildman–Crippen MR) is 104 cm³/mol. The van der Waals surface area contributed by atoms with E-state index in [9.17, 15) is 9.59 Å². The van der Waals surface area contributed by atoms with Gasteiger partial charge in [0.2, 0.25) is 5.95 Å². The molecule has 1 aliphatic heterocycles. The van der Waals surface area contributed by atoms with Crippen molar-refractivity contribution in [1.82, 2.24) is 24.0 Å². The molecule has 1 atom stereocenters. The number of aromatic nitrogens is 4. The average Bonchev–Trinajstić information content (AvgIpc) is 3.02. The molecule has 142 valence electrons. The molecule has 2 aromatic rings. The minimum absolute atomic E-state index is 0.306. The molecular weight excluding hydrogens is 332 g/mol. The van der Waals surface area contributed by atoms with Crippen LogP contribution >= 0.6 is 0 Å². The predicted octanol–water partition coefficient (Wildman–Crippen LogP) is 0.588. The molecule has 0 bridgehead atoms. The van der Waals surface area contributed by atoms with E-state index in [0.717, 1.165) is 36.4 Å². The summed E-state index contributed by atoms with van der Waals surface area (Å²) in [6.45, 7) is 6.53. The molecule has 1 fully saturated rings. The summed E-state index contributed by atoms with van der Waals surface area (Å²) in [5, 5.41) is 3.42. The fourth-order valence-electron chi connectivity index (χ4n) is 3.48. The topological polar surface area (TPSA) is 77.1 Å². The first kappa shape index (κ1) is 18.4. The summed E-state index contributed by atoms with van der Waals surface area (Å²) in [5.74, 6) is 0.726. The molecule has 0 aliphatic carbocycles. The van der Waals surface area contributed by atoms with Crippen molar-refractivity contribution < 1.29 is 0 Å². The van der Waals surface area contributed by atoms with Gasteiger partial charge in [-0.3, -0.25) is 13.9 Å². The van der Waals surface area contributed by atoms with E-state index < -0.39 is 0 Å². The number of nitrogens with zero attached hydrogens (tertiary/aromatic N) is 5. The van der Waals surface area contributed by atoms with Gasteiger partial charge in [-0.25, -0.2) is 4.79 Å². The molecule has 1 saturated heterocycles. The Morgan fingerprint density at radius 2 is 2.04 bits per heavy atom. The zero-order chi connectivity index (χ0) is 19.0. The number of piperidine rings is 1. The highest BCUT2D eigenvalue weighted by atomic mass is 16.2.